The van der Waals surface area contributed by atoms with Crippen LogP contribution in [-0.2, 0) is 9.84 Å². The monoisotopic (exact) mass is 398 g/mol. The van der Waals surface area contributed by atoms with Gasteiger partial charge in [-0.25, -0.2) is 13.4 Å². The minimum Gasteiger partial charge on any atom is -0.334 e. The summed E-state index contributed by atoms with van der Waals surface area (Å²) < 4.78 is 23.7. The summed E-state index contributed by atoms with van der Waals surface area (Å²) in [6.45, 7) is 4.52. The molecule has 1 unspecified atom stereocenters. The van der Waals surface area contributed by atoms with Crippen molar-refractivity contribution in [2.45, 2.75) is 39.2 Å². The topological polar surface area (TPSA) is 67.3 Å². The van der Waals surface area contributed by atoms with Crippen LogP contribution in [0.5, 0.6) is 0 Å². The second-order valence-corrected chi connectivity index (χ2v) is 10.5. The quantitative estimate of drug-likeness (QED) is 0.745. The average Bonchev–Trinajstić information content (AvgIpc) is 3.27. The molecule has 0 aromatic carbocycles. The second-order valence-electron chi connectivity index (χ2n) is 6.32. The summed E-state index contributed by atoms with van der Waals surface area (Å²) in [5.41, 5.74) is 0.723. The molecule has 25 heavy (non-hydrogen) atoms. The van der Waals surface area contributed by atoms with Gasteiger partial charge in [0.05, 0.1) is 22.1 Å². The molecule has 0 N–H and O–H groups in total. The highest BCUT2D eigenvalue weighted by Gasteiger charge is 2.35. The molecule has 1 atom stereocenters. The van der Waals surface area contributed by atoms with Crippen LogP contribution in [-0.4, -0.2) is 48.3 Å². The van der Waals surface area contributed by atoms with Crippen LogP contribution in [0.25, 0.3) is 9.88 Å². The summed E-state index contributed by atoms with van der Waals surface area (Å²) in [4.78, 5) is 21.2. The molecular weight excluding hydrogens is 376 g/mol. The van der Waals surface area contributed by atoms with Gasteiger partial charge in [-0.05, 0) is 31.2 Å². The molecule has 2 aromatic heterocycles. The highest BCUT2D eigenvalue weighted by molar-refractivity contribution is 7.91. The molecule has 0 bridgehead atoms. The standard InChI is InChI=1S/C17H22N2O3S3/c1-3-4-8-19(13-7-10-25(21,22)11-13)17(20)15-12(2)18-16(24-15)14-6-5-9-23-14/h5-6,9,13H,3-4,7-8,10-11H2,1-2H3. The number of thiazole rings is 1. The van der Waals surface area contributed by atoms with Gasteiger partial charge in [0.2, 0.25) is 0 Å². The molecule has 3 rings (SSSR count). The predicted octanol–water partition coefficient (Wildman–Crippen LogP) is 3.61. The molecule has 0 aliphatic carbocycles. The minimum absolute atomic E-state index is 0.0756. The third kappa shape index (κ3) is 4.12. The Labute approximate surface area is 156 Å². The largest absolute Gasteiger partial charge is 0.334 e. The number of rotatable bonds is 6. The third-order valence-corrected chi connectivity index (χ3v) is 8.32. The number of sulfone groups is 1. The molecule has 2 aromatic rings. The Kier molecular flexibility index (Phi) is 5.60. The number of hydrogen-bond acceptors (Lipinski definition) is 6. The van der Waals surface area contributed by atoms with E-state index in [0.717, 1.165) is 28.4 Å². The molecule has 1 fully saturated rings. The number of aromatic nitrogens is 1. The van der Waals surface area contributed by atoms with Crippen molar-refractivity contribution in [1.82, 2.24) is 9.88 Å². The summed E-state index contributed by atoms with van der Waals surface area (Å²) in [5.74, 6) is 0.182. The Bertz CT molecular complexity index is 841. The highest BCUT2D eigenvalue weighted by Crippen LogP contribution is 2.32. The van der Waals surface area contributed by atoms with Crippen LogP contribution in [0.1, 0.15) is 41.6 Å². The molecule has 1 aliphatic rings. The first-order valence-electron chi connectivity index (χ1n) is 8.44. The zero-order valence-electron chi connectivity index (χ0n) is 14.4. The SMILES string of the molecule is CCCCN(C(=O)c1sc(-c2cccs2)nc1C)C1CCS(=O)(=O)C1. The maximum absolute atomic E-state index is 13.2. The molecule has 136 valence electrons. The first-order chi connectivity index (χ1) is 11.9. The van der Waals surface area contributed by atoms with E-state index in [4.69, 9.17) is 0 Å². The van der Waals surface area contributed by atoms with Crippen LogP contribution in [0.4, 0.5) is 0 Å². The van der Waals surface area contributed by atoms with Gasteiger partial charge < -0.3 is 4.90 Å². The van der Waals surface area contributed by atoms with Crippen LogP contribution >= 0.6 is 22.7 Å². The van der Waals surface area contributed by atoms with E-state index in [0.29, 0.717) is 17.8 Å². The summed E-state index contributed by atoms with van der Waals surface area (Å²) in [6.07, 6.45) is 2.37. The molecule has 3 heterocycles. The van der Waals surface area contributed by atoms with Crippen LogP contribution in [0.3, 0.4) is 0 Å². The minimum atomic E-state index is -3.03. The van der Waals surface area contributed by atoms with Crippen molar-refractivity contribution in [3.8, 4) is 9.88 Å². The number of unbranched alkanes of at least 4 members (excludes halogenated alkanes) is 1. The van der Waals surface area contributed by atoms with E-state index in [1.807, 2.05) is 24.4 Å². The van der Waals surface area contributed by atoms with Gasteiger partial charge >= 0.3 is 0 Å². The fraction of sp³-hybridized carbons (Fsp3) is 0.529. The van der Waals surface area contributed by atoms with Crippen molar-refractivity contribution in [2.24, 2.45) is 0 Å². The van der Waals surface area contributed by atoms with Crippen molar-refractivity contribution in [1.29, 1.82) is 0 Å². The second kappa shape index (κ2) is 7.55. The van der Waals surface area contributed by atoms with Crippen molar-refractivity contribution >= 4 is 38.4 Å². The van der Waals surface area contributed by atoms with Crippen LogP contribution in [0, 0.1) is 6.92 Å². The number of aryl methyl sites for hydroxylation is 1. The Hall–Kier alpha value is -1.25. The summed E-state index contributed by atoms with van der Waals surface area (Å²) in [7, 11) is -3.03. The smallest absolute Gasteiger partial charge is 0.266 e. The summed E-state index contributed by atoms with van der Waals surface area (Å²) in [5, 5.41) is 2.84. The van der Waals surface area contributed by atoms with Gasteiger partial charge in [0.1, 0.15) is 9.88 Å². The van der Waals surface area contributed by atoms with Gasteiger partial charge in [0.25, 0.3) is 5.91 Å². The van der Waals surface area contributed by atoms with E-state index < -0.39 is 9.84 Å². The number of carbonyl (C=O) groups is 1. The van der Waals surface area contributed by atoms with Gasteiger partial charge in [0.15, 0.2) is 9.84 Å². The maximum atomic E-state index is 13.2. The zero-order chi connectivity index (χ0) is 18.0. The molecule has 0 saturated carbocycles. The van der Waals surface area contributed by atoms with Gasteiger partial charge in [0, 0.05) is 12.6 Å². The zero-order valence-corrected chi connectivity index (χ0v) is 16.8. The molecule has 5 nitrogen and oxygen atoms in total. The number of nitrogens with zero attached hydrogens (tertiary/aromatic N) is 2. The Balaban J connectivity index is 1.87. The van der Waals surface area contributed by atoms with E-state index in [2.05, 4.69) is 11.9 Å². The molecule has 1 amide bonds. The fourth-order valence-corrected chi connectivity index (χ4v) is 6.58. The third-order valence-electron chi connectivity index (χ3n) is 4.39. The molecule has 0 radical (unpaired) electrons. The molecule has 8 heteroatoms. The lowest BCUT2D eigenvalue weighted by molar-refractivity contribution is 0.0698. The van der Waals surface area contributed by atoms with E-state index >= 15 is 0 Å². The Morgan fingerprint density at radius 3 is 2.84 bits per heavy atom. The number of amides is 1. The van der Waals surface area contributed by atoms with E-state index in [1.54, 1.807) is 16.2 Å². The lowest BCUT2D eigenvalue weighted by Crippen LogP contribution is -2.41. The normalized spacial score (nSPS) is 19.2. The van der Waals surface area contributed by atoms with Crippen LogP contribution in [0.15, 0.2) is 17.5 Å². The predicted molar refractivity (Wildman–Crippen MR) is 103 cm³/mol. The summed E-state index contributed by atoms with van der Waals surface area (Å²) >= 11 is 3.01. The lowest BCUT2D eigenvalue weighted by Gasteiger charge is -2.28. The average molecular weight is 399 g/mol. The first-order valence-corrected chi connectivity index (χ1v) is 12.0. The molecule has 1 saturated heterocycles. The number of carbonyl (C=O) groups excluding carboxylic acids is 1. The van der Waals surface area contributed by atoms with E-state index in [1.165, 1.54) is 11.3 Å². The Morgan fingerprint density at radius 2 is 2.24 bits per heavy atom. The van der Waals surface area contributed by atoms with Crippen LogP contribution < -0.4 is 0 Å². The van der Waals surface area contributed by atoms with Crippen molar-refractivity contribution < 1.29 is 13.2 Å². The number of thiophene rings is 1. The van der Waals surface area contributed by atoms with Gasteiger partial charge in [-0.3, -0.25) is 4.79 Å². The summed E-state index contributed by atoms with van der Waals surface area (Å²) in [6, 6.07) is 3.75. The number of hydrogen-bond donors (Lipinski definition) is 0. The van der Waals surface area contributed by atoms with E-state index in [-0.39, 0.29) is 23.5 Å². The van der Waals surface area contributed by atoms with Gasteiger partial charge in [-0.2, -0.15) is 0 Å². The molecule has 0 spiro atoms. The first kappa shape index (κ1) is 18.5. The molecule has 1 aliphatic heterocycles. The van der Waals surface area contributed by atoms with Crippen molar-refractivity contribution in [3.05, 3.63) is 28.1 Å². The van der Waals surface area contributed by atoms with Gasteiger partial charge in [-0.1, -0.05) is 19.4 Å². The maximum Gasteiger partial charge on any atom is 0.266 e. The van der Waals surface area contributed by atoms with Gasteiger partial charge in [-0.15, -0.1) is 22.7 Å². The molecular formula is C17H22N2O3S3. The lowest BCUT2D eigenvalue weighted by atomic mass is 10.2. The van der Waals surface area contributed by atoms with Crippen LogP contribution in [0.2, 0.25) is 0 Å². The van der Waals surface area contributed by atoms with Crippen molar-refractivity contribution in [3.63, 3.8) is 0 Å². The van der Waals surface area contributed by atoms with Crippen molar-refractivity contribution in [2.75, 3.05) is 18.1 Å². The Morgan fingerprint density at radius 1 is 1.44 bits per heavy atom. The fourth-order valence-electron chi connectivity index (χ4n) is 3.03. The highest BCUT2D eigenvalue weighted by atomic mass is 32.2. The van der Waals surface area contributed by atoms with E-state index in [9.17, 15) is 13.2 Å².